The number of para-hydroxylation sites is 2. The smallest absolute Gasteiger partial charge is 0.143 e. The first kappa shape index (κ1) is 41.6. The Bertz CT molecular complexity index is 3260. The molecular formula is C60H49NO2. The highest BCUT2D eigenvalue weighted by Gasteiger charge is 2.16. The molecule has 0 N–H and O–H groups in total. The number of hydrogen-bond donors (Lipinski definition) is 0. The number of fused-ring (bicyclic) bond motifs is 6. The van der Waals surface area contributed by atoms with Crippen LogP contribution in [0.15, 0.2) is 234 Å². The van der Waals surface area contributed by atoms with Gasteiger partial charge in [0.05, 0.1) is 0 Å². The van der Waals surface area contributed by atoms with E-state index in [4.69, 9.17) is 8.83 Å². The van der Waals surface area contributed by atoms with Crippen molar-refractivity contribution in [3.63, 3.8) is 0 Å². The average Bonchev–Trinajstić information content (AvgIpc) is 3.90. The summed E-state index contributed by atoms with van der Waals surface area (Å²) < 4.78 is 12.8. The molecule has 0 bridgehead atoms. The van der Waals surface area contributed by atoms with Crippen molar-refractivity contribution in [2.75, 3.05) is 4.90 Å². The normalized spacial score (nSPS) is 12.9. The molecule has 0 aliphatic rings. The fourth-order valence-corrected chi connectivity index (χ4v) is 7.96. The third-order valence-corrected chi connectivity index (χ3v) is 11.2. The van der Waals surface area contributed by atoms with Crippen molar-refractivity contribution < 1.29 is 8.83 Å². The predicted molar refractivity (Wildman–Crippen MR) is 274 cm³/mol. The van der Waals surface area contributed by atoms with E-state index in [1.165, 1.54) is 0 Å². The van der Waals surface area contributed by atoms with Crippen LogP contribution in [0, 0.1) is 0 Å². The summed E-state index contributed by atoms with van der Waals surface area (Å²) in [5.41, 5.74) is 12.9. The van der Waals surface area contributed by atoms with Crippen molar-refractivity contribution in [2.45, 2.75) is 13.8 Å². The lowest BCUT2D eigenvalue weighted by atomic mass is 10.0. The summed E-state index contributed by atoms with van der Waals surface area (Å²) in [7, 11) is 0. The van der Waals surface area contributed by atoms with Crippen LogP contribution in [0.5, 0.6) is 0 Å². The van der Waals surface area contributed by atoms with Crippen molar-refractivity contribution in [1.82, 2.24) is 0 Å². The Balaban J connectivity index is 1.19. The molecule has 63 heavy (non-hydrogen) atoms. The third-order valence-electron chi connectivity index (χ3n) is 11.2. The van der Waals surface area contributed by atoms with Crippen LogP contribution in [0.25, 0.3) is 85.2 Å². The van der Waals surface area contributed by atoms with Gasteiger partial charge in [0.2, 0.25) is 0 Å². The van der Waals surface area contributed by atoms with E-state index >= 15 is 0 Å². The van der Waals surface area contributed by atoms with Gasteiger partial charge in [-0.05, 0) is 101 Å². The Hall–Kier alpha value is -8.14. The van der Waals surface area contributed by atoms with Crippen molar-refractivity contribution in [1.29, 1.82) is 0 Å². The third kappa shape index (κ3) is 8.72. The monoisotopic (exact) mass is 815 g/mol. The van der Waals surface area contributed by atoms with E-state index in [1.54, 1.807) is 12.2 Å². The summed E-state index contributed by atoms with van der Waals surface area (Å²) in [6.45, 7) is 20.2. The molecule has 6 aromatic carbocycles. The molecule has 3 heteroatoms. The predicted octanol–water partition coefficient (Wildman–Crippen LogP) is 17.3. The summed E-state index contributed by atoms with van der Waals surface area (Å²) in [5.74, 6) is 0.734. The molecule has 0 atom stereocenters. The minimum Gasteiger partial charge on any atom is -0.455 e. The summed E-state index contributed by atoms with van der Waals surface area (Å²) in [4.78, 5) is 2.22. The second-order valence-electron chi connectivity index (χ2n) is 15.1. The first-order chi connectivity index (χ1) is 30.9. The Kier molecular flexibility index (Phi) is 12.6. The van der Waals surface area contributed by atoms with E-state index in [2.05, 4.69) is 190 Å². The molecule has 8 aromatic rings. The van der Waals surface area contributed by atoms with Crippen LogP contribution in [-0.2, 0) is 0 Å². The molecule has 0 saturated carbocycles. The van der Waals surface area contributed by atoms with E-state index in [1.807, 2.05) is 55.5 Å². The maximum atomic E-state index is 6.43. The van der Waals surface area contributed by atoms with E-state index in [0.29, 0.717) is 0 Å². The zero-order chi connectivity index (χ0) is 43.7. The molecular weight excluding hydrogens is 767 g/mol. The molecule has 2 aromatic heterocycles. The lowest BCUT2D eigenvalue weighted by Gasteiger charge is -2.23. The number of hydrogen-bond acceptors (Lipinski definition) is 3. The van der Waals surface area contributed by atoms with Gasteiger partial charge < -0.3 is 13.7 Å². The molecule has 0 aliphatic carbocycles. The summed E-state index contributed by atoms with van der Waals surface area (Å²) >= 11 is 0. The highest BCUT2D eigenvalue weighted by atomic mass is 16.3. The SMILES string of the molecule is C=C/C=C\c1ccc(/C=C/C(C=C)=C/C=C/N(/C(C)=C(/C=C\C)\C=C\c2c(C=C)oc3c2ccc2ccccc23)c2ccc(-c3cccc4c3oc3ccccc34)cc2)c(C=C)c1. The van der Waals surface area contributed by atoms with Crippen LogP contribution in [-0.4, -0.2) is 0 Å². The summed E-state index contributed by atoms with van der Waals surface area (Å²) in [6.07, 6.45) is 30.2. The molecule has 306 valence electrons. The Labute approximate surface area is 370 Å². The maximum Gasteiger partial charge on any atom is 0.143 e. The zero-order valence-corrected chi connectivity index (χ0v) is 35.8. The number of rotatable bonds is 15. The second kappa shape index (κ2) is 19.1. The maximum absolute atomic E-state index is 6.43. The van der Waals surface area contributed by atoms with Crippen LogP contribution in [0.4, 0.5) is 5.69 Å². The lowest BCUT2D eigenvalue weighted by Crippen LogP contribution is -2.14. The van der Waals surface area contributed by atoms with E-state index in [-0.39, 0.29) is 0 Å². The van der Waals surface area contributed by atoms with Crippen molar-refractivity contribution in [2.24, 2.45) is 0 Å². The Morgan fingerprint density at radius 2 is 1.41 bits per heavy atom. The van der Waals surface area contributed by atoms with E-state index in [0.717, 1.165) is 105 Å². The van der Waals surface area contributed by atoms with Gasteiger partial charge in [0.15, 0.2) is 0 Å². The topological polar surface area (TPSA) is 29.5 Å². The fourth-order valence-electron chi connectivity index (χ4n) is 7.96. The van der Waals surface area contributed by atoms with Crippen LogP contribution >= 0.6 is 0 Å². The first-order valence-electron chi connectivity index (χ1n) is 21.1. The number of nitrogens with zero attached hydrogens (tertiary/aromatic N) is 1. The molecule has 0 aliphatic heterocycles. The van der Waals surface area contributed by atoms with E-state index < -0.39 is 0 Å². The van der Waals surface area contributed by atoms with Gasteiger partial charge in [-0.2, -0.15) is 0 Å². The van der Waals surface area contributed by atoms with Gasteiger partial charge in [0, 0.05) is 50.3 Å². The number of allylic oxidation sites excluding steroid dienone is 12. The van der Waals surface area contributed by atoms with E-state index in [9.17, 15) is 0 Å². The Morgan fingerprint density at radius 3 is 2.19 bits per heavy atom. The number of anilines is 1. The molecule has 0 unspecified atom stereocenters. The first-order valence-corrected chi connectivity index (χ1v) is 21.1. The molecule has 0 saturated heterocycles. The van der Waals surface area contributed by atoms with Crippen molar-refractivity contribution in [3.05, 3.63) is 253 Å². The molecule has 0 amide bonds. The molecule has 0 spiro atoms. The average molecular weight is 816 g/mol. The number of furan rings is 2. The standard InChI is InChI=1S/C60H49NO2/c1-7-12-20-44-29-31-47(45(10-4)41-44)30-28-43(9-3)21-18-40-61(50-36-32-49(33-37-50)52-25-17-26-55-53-24-15-16-27-58(53)63-59(52)55)42(6)46(19-8-2)34-38-54-56-39-35-48-22-13-14-23-51(48)60(56)62-57(54)11-5/h7-41H,1,3-5H2,2,6H3/b19-8-,20-12-,30-28+,38-34+,40-18+,43-21+,46-42-. The lowest BCUT2D eigenvalue weighted by molar-refractivity contribution is 0.606. The highest BCUT2D eigenvalue weighted by Crippen LogP contribution is 2.38. The van der Waals surface area contributed by atoms with Crippen molar-refractivity contribution in [3.8, 4) is 11.1 Å². The fraction of sp³-hybridized carbons (Fsp3) is 0.0333. The van der Waals surface area contributed by atoms with Crippen LogP contribution in [0.1, 0.15) is 41.9 Å². The van der Waals surface area contributed by atoms with Gasteiger partial charge in [-0.25, -0.2) is 0 Å². The quantitative estimate of drug-likeness (QED) is 0.0966. The highest BCUT2D eigenvalue weighted by molar-refractivity contribution is 6.10. The Morgan fingerprint density at radius 1 is 0.619 bits per heavy atom. The van der Waals surface area contributed by atoms with Crippen LogP contribution < -0.4 is 4.90 Å². The van der Waals surface area contributed by atoms with Gasteiger partial charge in [-0.3, -0.25) is 0 Å². The summed E-state index contributed by atoms with van der Waals surface area (Å²) in [5, 5.41) is 5.47. The zero-order valence-electron chi connectivity index (χ0n) is 35.8. The summed E-state index contributed by atoms with van der Waals surface area (Å²) in [6, 6.07) is 42.1. The largest absolute Gasteiger partial charge is 0.455 e. The molecule has 0 radical (unpaired) electrons. The minimum absolute atomic E-state index is 0.734. The van der Waals surface area contributed by atoms with Gasteiger partial charge in [-0.1, -0.05) is 184 Å². The van der Waals surface area contributed by atoms with Gasteiger partial charge in [0.25, 0.3) is 0 Å². The van der Waals surface area contributed by atoms with Gasteiger partial charge in [0.1, 0.15) is 22.5 Å². The van der Waals surface area contributed by atoms with Crippen LogP contribution in [0.2, 0.25) is 0 Å². The van der Waals surface area contributed by atoms with Crippen LogP contribution in [0.3, 0.4) is 0 Å². The number of benzene rings is 6. The second-order valence-corrected chi connectivity index (χ2v) is 15.1. The minimum atomic E-state index is 0.734. The molecule has 3 nitrogen and oxygen atoms in total. The molecule has 8 rings (SSSR count). The molecule has 0 fully saturated rings. The van der Waals surface area contributed by atoms with Crippen molar-refractivity contribution >= 4 is 79.7 Å². The van der Waals surface area contributed by atoms with Gasteiger partial charge in [-0.15, -0.1) is 0 Å². The molecule has 2 heterocycles. The van der Waals surface area contributed by atoms with Gasteiger partial charge >= 0.3 is 0 Å².